The zero-order valence-corrected chi connectivity index (χ0v) is 18.0. The first kappa shape index (κ1) is 22.4. The molecule has 5 nitrogen and oxygen atoms in total. The molecule has 1 fully saturated rings. The highest BCUT2D eigenvalue weighted by Crippen LogP contribution is 2.36. The van der Waals surface area contributed by atoms with Gasteiger partial charge < -0.3 is 16.0 Å². The molecule has 0 unspecified atom stereocenters. The van der Waals surface area contributed by atoms with Crippen molar-refractivity contribution in [2.45, 2.75) is 25.1 Å². The number of hydrogen-bond acceptors (Lipinski definition) is 5. The Kier molecular flexibility index (Phi) is 6.53. The smallest absolute Gasteiger partial charge is 0.372 e. The van der Waals surface area contributed by atoms with Crippen LogP contribution in [0, 0.1) is 0 Å². The molecule has 2 aromatic carbocycles. The van der Waals surface area contributed by atoms with Crippen molar-refractivity contribution in [2.75, 3.05) is 29.9 Å². The van der Waals surface area contributed by atoms with E-state index in [4.69, 9.17) is 17.3 Å². The molecule has 1 saturated heterocycles. The van der Waals surface area contributed by atoms with E-state index >= 15 is 0 Å². The molecule has 0 radical (unpaired) electrons. The molecular weight excluding hydrogens is 439 g/mol. The molecule has 168 valence electrons. The van der Waals surface area contributed by atoms with Crippen molar-refractivity contribution in [3.8, 4) is 11.3 Å². The van der Waals surface area contributed by atoms with Gasteiger partial charge in [0, 0.05) is 43.0 Å². The van der Waals surface area contributed by atoms with Crippen LogP contribution in [0.15, 0.2) is 54.9 Å². The lowest BCUT2D eigenvalue weighted by Crippen LogP contribution is -2.21. The lowest BCUT2D eigenvalue weighted by atomic mass is 10.1. The number of aromatic nitrogens is 2. The van der Waals surface area contributed by atoms with E-state index in [0.29, 0.717) is 23.6 Å². The summed E-state index contributed by atoms with van der Waals surface area (Å²) in [5, 5.41) is 2.80. The second-order valence-corrected chi connectivity index (χ2v) is 8.16. The number of alkyl halides is 3. The fraction of sp³-hybridized carbons (Fsp3) is 0.304. The molecule has 4 rings (SSSR count). The third-order valence-electron chi connectivity index (χ3n) is 5.53. The Bertz CT molecular complexity index is 1070. The summed E-state index contributed by atoms with van der Waals surface area (Å²) in [5.74, 6) is 0.523. The molecule has 0 amide bonds. The lowest BCUT2D eigenvalue weighted by molar-refractivity contribution is -0.137. The molecule has 3 N–H and O–H groups in total. The third-order valence-corrected chi connectivity index (χ3v) is 5.85. The summed E-state index contributed by atoms with van der Waals surface area (Å²) in [7, 11) is 0. The van der Waals surface area contributed by atoms with Crippen molar-refractivity contribution in [1.82, 2.24) is 9.97 Å². The molecule has 32 heavy (non-hydrogen) atoms. The van der Waals surface area contributed by atoms with Gasteiger partial charge in [-0.1, -0.05) is 29.8 Å². The van der Waals surface area contributed by atoms with Gasteiger partial charge in [0.2, 0.25) is 0 Å². The summed E-state index contributed by atoms with van der Waals surface area (Å²) in [5.41, 5.74) is 8.59. The zero-order valence-electron chi connectivity index (χ0n) is 17.2. The summed E-state index contributed by atoms with van der Waals surface area (Å²) >= 11 is 5.83. The lowest BCUT2D eigenvalue weighted by Gasteiger charge is -2.19. The fourth-order valence-corrected chi connectivity index (χ4v) is 4.04. The van der Waals surface area contributed by atoms with Crippen LogP contribution in [-0.2, 0) is 6.18 Å². The molecule has 0 saturated carbocycles. The van der Waals surface area contributed by atoms with E-state index in [0.717, 1.165) is 24.7 Å². The normalized spacial score (nSPS) is 15.1. The highest BCUT2D eigenvalue weighted by Gasteiger charge is 2.33. The van der Waals surface area contributed by atoms with Gasteiger partial charge in [0.1, 0.15) is 12.1 Å². The van der Waals surface area contributed by atoms with Crippen molar-refractivity contribution in [3.63, 3.8) is 0 Å². The standard InChI is InChI=1S/C23H23ClF3N5/c24-19-11-16(5-8-18(19)23(25,26)27)21-12-22(31-14-30-21)29-13-20(28)15-3-6-17(7-4-15)32-9-1-2-10-32/h3-8,11-12,14,20H,1-2,9-10,13,28H2,(H,29,30,31)/t20-/m0/s1. The maximum absolute atomic E-state index is 12.9. The van der Waals surface area contributed by atoms with Gasteiger partial charge in [0.15, 0.2) is 0 Å². The van der Waals surface area contributed by atoms with Gasteiger partial charge in [-0.25, -0.2) is 9.97 Å². The average Bonchev–Trinajstić information content (AvgIpc) is 3.32. The molecule has 0 aliphatic carbocycles. The van der Waals surface area contributed by atoms with Crippen LogP contribution in [0.5, 0.6) is 0 Å². The molecule has 1 aliphatic rings. The Morgan fingerprint density at radius 3 is 2.41 bits per heavy atom. The number of hydrogen-bond donors (Lipinski definition) is 2. The number of halogens is 4. The van der Waals surface area contributed by atoms with Crippen LogP contribution in [0.25, 0.3) is 11.3 Å². The molecule has 1 aliphatic heterocycles. The Morgan fingerprint density at radius 2 is 1.75 bits per heavy atom. The summed E-state index contributed by atoms with van der Waals surface area (Å²) in [6.45, 7) is 2.62. The summed E-state index contributed by atoms with van der Waals surface area (Å²) < 4.78 is 38.8. The van der Waals surface area contributed by atoms with Crippen LogP contribution in [0.4, 0.5) is 24.7 Å². The highest BCUT2D eigenvalue weighted by atomic mass is 35.5. The average molecular weight is 462 g/mol. The quantitative estimate of drug-likeness (QED) is 0.505. The molecule has 9 heteroatoms. The Labute approximate surface area is 189 Å². The molecule has 2 heterocycles. The third kappa shape index (κ3) is 5.14. The van der Waals surface area contributed by atoms with Crippen LogP contribution in [0.1, 0.15) is 30.0 Å². The van der Waals surface area contributed by atoms with Crippen LogP contribution in [0.2, 0.25) is 5.02 Å². The number of benzene rings is 2. The van der Waals surface area contributed by atoms with Crippen LogP contribution >= 0.6 is 11.6 Å². The number of nitrogens with zero attached hydrogens (tertiary/aromatic N) is 3. The summed E-state index contributed by atoms with van der Waals surface area (Å²) in [6, 6.07) is 13.2. The first-order valence-corrected chi connectivity index (χ1v) is 10.7. The Morgan fingerprint density at radius 1 is 1.03 bits per heavy atom. The maximum atomic E-state index is 12.9. The minimum atomic E-state index is -4.50. The van der Waals surface area contributed by atoms with Crippen molar-refractivity contribution in [3.05, 3.63) is 71.0 Å². The van der Waals surface area contributed by atoms with E-state index in [1.807, 2.05) is 12.1 Å². The predicted octanol–water partition coefficient (Wildman–Crippen LogP) is 5.53. The second-order valence-electron chi connectivity index (χ2n) is 7.75. The first-order valence-electron chi connectivity index (χ1n) is 10.3. The largest absolute Gasteiger partial charge is 0.417 e. The Balaban J connectivity index is 1.41. The Hall–Kier alpha value is -2.84. The number of nitrogens with one attached hydrogen (secondary N) is 1. The summed E-state index contributed by atoms with van der Waals surface area (Å²) in [4.78, 5) is 10.7. The van der Waals surface area contributed by atoms with Gasteiger partial charge >= 0.3 is 6.18 Å². The summed E-state index contributed by atoms with van der Waals surface area (Å²) in [6.07, 6.45) is -0.702. The van der Waals surface area contributed by atoms with Gasteiger partial charge in [-0.05, 0) is 42.7 Å². The van der Waals surface area contributed by atoms with Crippen molar-refractivity contribution in [2.24, 2.45) is 5.73 Å². The maximum Gasteiger partial charge on any atom is 0.417 e. The second kappa shape index (κ2) is 9.34. The molecular formula is C23H23ClF3N5. The van der Waals surface area contributed by atoms with E-state index < -0.39 is 11.7 Å². The molecule has 3 aromatic rings. The molecule has 1 atom stereocenters. The van der Waals surface area contributed by atoms with Crippen molar-refractivity contribution < 1.29 is 13.2 Å². The van der Waals surface area contributed by atoms with Gasteiger partial charge in [-0.3, -0.25) is 0 Å². The van der Waals surface area contributed by atoms with Gasteiger partial charge in [0.25, 0.3) is 0 Å². The number of rotatable bonds is 6. The monoisotopic (exact) mass is 461 g/mol. The van der Waals surface area contributed by atoms with Crippen LogP contribution < -0.4 is 16.0 Å². The van der Waals surface area contributed by atoms with E-state index in [2.05, 4.69) is 32.3 Å². The minimum Gasteiger partial charge on any atom is -0.372 e. The number of anilines is 2. The SMILES string of the molecule is N[C@@H](CNc1cc(-c2ccc(C(F)(F)F)c(Cl)c2)ncn1)c1ccc(N2CCCC2)cc1. The zero-order chi connectivity index (χ0) is 22.7. The first-order chi connectivity index (χ1) is 15.3. The number of nitrogens with two attached hydrogens (primary N) is 1. The fourth-order valence-electron chi connectivity index (χ4n) is 3.76. The predicted molar refractivity (Wildman–Crippen MR) is 121 cm³/mol. The van der Waals surface area contributed by atoms with E-state index in [9.17, 15) is 13.2 Å². The van der Waals surface area contributed by atoms with Crippen LogP contribution in [-0.4, -0.2) is 29.6 Å². The van der Waals surface area contributed by atoms with E-state index in [-0.39, 0.29) is 11.1 Å². The topological polar surface area (TPSA) is 67.1 Å². The van der Waals surface area contributed by atoms with E-state index in [1.54, 1.807) is 6.07 Å². The van der Waals surface area contributed by atoms with Gasteiger partial charge in [0.05, 0.1) is 16.3 Å². The van der Waals surface area contributed by atoms with Gasteiger partial charge in [-0.2, -0.15) is 13.2 Å². The minimum absolute atomic E-state index is 0.249. The highest BCUT2D eigenvalue weighted by molar-refractivity contribution is 6.31. The van der Waals surface area contributed by atoms with Crippen LogP contribution in [0.3, 0.4) is 0 Å². The molecule has 1 aromatic heterocycles. The molecule has 0 bridgehead atoms. The van der Waals surface area contributed by atoms with Gasteiger partial charge in [-0.15, -0.1) is 0 Å². The van der Waals surface area contributed by atoms with Crippen molar-refractivity contribution >= 4 is 23.1 Å². The van der Waals surface area contributed by atoms with E-state index in [1.165, 1.54) is 37.0 Å². The molecule has 0 spiro atoms. The van der Waals surface area contributed by atoms with Crippen molar-refractivity contribution in [1.29, 1.82) is 0 Å².